The molecule has 4 N–H and O–H groups in total. The van der Waals surface area contributed by atoms with E-state index in [4.69, 9.17) is 24.4 Å². The molecule has 0 bridgehead atoms. The molecule has 0 fully saturated rings. The summed E-state index contributed by atoms with van der Waals surface area (Å²) in [6.07, 6.45) is 0. The van der Waals surface area contributed by atoms with Gasteiger partial charge in [0, 0.05) is 26.0 Å². The van der Waals surface area contributed by atoms with Gasteiger partial charge in [0.15, 0.2) is 17.2 Å². The van der Waals surface area contributed by atoms with Crippen molar-refractivity contribution < 1.29 is 33.4 Å². The number of H-pyrrole nitrogens is 2. The van der Waals surface area contributed by atoms with Gasteiger partial charge in [-0.2, -0.15) is 4.57 Å². The molecule has 23 heavy (non-hydrogen) atoms. The lowest BCUT2D eigenvalue weighted by molar-refractivity contribution is -2.00. The monoisotopic (exact) mass is 346 g/mol. The fourth-order valence-corrected chi connectivity index (χ4v) is 2.18. The largest absolute Gasteiger partial charge is 0.379 e. The summed E-state index contributed by atoms with van der Waals surface area (Å²) >= 11 is 0. The van der Waals surface area contributed by atoms with Crippen molar-refractivity contribution in [2.45, 2.75) is 20.8 Å². The number of aromatic nitrogens is 3. The molecule has 0 saturated heterocycles. The highest BCUT2D eigenvalue weighted by Gasteiger charge is 2.22. The number of nitrogen functional groups attached to an aromatic ring is 1. The van der Waals surface area contributed by atoms with Crippen molar-refractivity contribution >= 4 is 5.82 Å². The number of nitrogens with zero attached hydrogens (tertiary/aromatic N) is 1. The number of hydrogen-bond donors (Lipinski definition) is 3. The molecule has 10 nitrogen and oxygen atoms in total. The molecule has 0 saturated carbocycles. The summed E-state index contributed by atoms with van der Waals surface area (Å²) in [4.78, 5) is 27.6. The smallest absolute Gasteiger partial charge is 0.328 e. The Hall–Kier alpha value is -2.24. The molecular formula is C12H15ClN4O6. The number of anilines is 1. The lowest BCUT2D eigenvalue weighted by Crippen LogP contribution is -2.68. The Bertz CT molecular complexity index is 795. The summed E-state index contributed by atoms with van der Waals surface area (Å²) in [5.74, 6) is 0.0591. The molecule has 2 aromatic rings. The van der Waals surface area contributed by atoms with E-state index in [-0.39, 0.29) is 11.5 Å². The molecule has 11 heteroatoms. The van der Waals surface area contributed by atoms with Gasteiger partial charge in [0.25, 0.3) is 0 Å². The lowest BCUT2D eigenvalue weighted by Gasteiger charge is -2.17. The van der Waals surface area contributed by atoms with Crippen molar-refractivity contribution in [3.8, 4) is 5.69 Å². The molecule has 0 aliphatic rings. The number of aryl methyl sites for hydroxylation is 3. The van der Waals surface area contributed by atoms with Crippen LogP contribution in [-0.4, -0.2) is 9.97 Å². The minimum Gasteiger partial charge on any atom is -0.379 e. The van der Waals surface area contributed by atoms with Gasteiger partial charge in [-0.3, -0.25) is 14.8 Å². The van der Waals surface area contributed by atoms with E-state index in [1.54, 1.807) is 4.57 Å². The van der Waals surface area contributed by atoms with Gasteiger partial charge in [0.2, 0.25) is 0 Å². The van der Waals surface area contributed by atoms with Crippen LogP contribution < -0.4 is 40.2 Å². The van der Waals surface area contributed by atoms with Gasteiger partial charge in [0.05, 0.1) is 0 Å². The number of halogens is 1. The van der Waals surface area contributed by atoms with E-state index in [1.165, 1.54) is 0 Å². The molecule has 2 rings (SSSR count). The van der Waals surface area contributed by atoms with Crippen LogP contribution in [0.4, 0.5) is 5.82 Å². The molecule has 126 valence electrons. The SMILES string of the molecule is Cc1cc(C)[n+](-c2c(N)[nH]c(=O)[nH]c2=O)c(C)c1.[O-][Cl+3]([O-])([O-])[O-]. The molecule has 0 amide bonds. The Morgan fingerprint density at radius 2 is 1.43 bits per heavy atom. The van der Waals surface area contributed by atoms with E-state index >= 15 is 0 Å². The molecule has 0 aliphatic heterocycles. The predicted molar refractivity (Wildman–Crippen MR) is 67.8 cm³/mol. The fourth-order valence-electron chi connectivity index (χ4n) is 2.18. The minimum atomic E-state index is -4.94. The van der Waals surface area contributed by atoms with Gasteiger partial charge < -0.3 is 5.73 Å². The third-order valence-electron chi connectivity index (χ3n) is 2.75. The van der Waals surface area contributed by atoms with Crippen LogP contribution in [0.2, 0.25) is 0 Å². The number of aromatic amines is 2. The highest BCUT2D eigenvalue weighted by atomic mass is 35.7. The van der Waals surface area contributed by atoms with Crippen molar-refractivity contribution in [2.24, 2.45) is 0 Å². The zero-order chi connectivity index (χ0) is 17.9. The Kier molecular flexibility index (Phi) is 5.64. The highest BCUT2D eigenvalue weighted by Crippen LogP contribution is 2.07. The quantitative estimate of drug-likeness (QED) is 0.431. The first kappa shape index (κ1) is 18.8. The first-order valence-electron chi connectivity index (χ1n) is 6.14. The summed E-state index contributed by atoms with van der Waals surface area (Å²) in [5.41, 5.74) is 7.71. The maximum Gasteiger partial charge on any atom is 0.328 e. The van der Waals surface area contributed by atoms with Crippen LogP contribution in [0.3, 0.4) is 0 Å². The molecule has 2 aromatic heterocycles. The van der Waals surface area contributed by atoms with E-state index in [9.17, 15) is 9.59 Å². The van der Waals surface area contributed by atoms with Crippen LogP contribution in [0.15, 0.2) is 21.7 Å². The fraction of sp³-hybridized carbons (Fsp3) is 0.250. The van der Waals surface area contributed by atoms with Crippen molar-refractivity contribution in [1.82, 2.24) is 9.97 Å². The van der Waals surface area contributed by atoms with E-state index in [2.05, 4.69) is 9.97 Å². The third kappa shape index (κ3) is 5.47. The number of pyridine rings is 1. The summed E-state index contributed by atoms with van der Waals surface area (Å²) in [6.45, 7) is 5.73. The van der Waals surface area contributed by atoms with Crippen molar-refractivity contribution in [3.05, 3.63) is 49.9 Å². The molecule has 0 atom stereocenters. The second kappa shape index (κ2) is 6.89. The molecule has 0 spiro atoms. The first-order valence-corrected chi connectivity index (χ1v) is 7.37. The lowest BCUT2D eigenvalue weighted by atomic mass is 10.2. The Morgan fingerprint density at radius 1 is 1.00 bits per heavy atom. The number of nitrogens with two attached hydrogens (primary N) is 1. The number of nitrogens with one attached hydrogen (secondary N) is 2. The van der Waals surface area contributed by atoms with E-state index < -0.39 is 21.5 Å². The standard InChI is InChI=1S/C12H14N4O2.ClHO4/c1-6-4-7(2)16(8(3)5-6)9-10(13)14-12(18)15-11(9)17;2-1(3,4)5/h4-5H,1-3H3,(H3-,13,14,15,17,18);(H,2,3,4,5). The Morgan fingerprint density at radius 3 is 1.83 bits per heavy atom. The third-order valence-corrected chi connectivity index (χ3v) is 2.75. The number of rotatable bonds is 1. The second-order valence-corrected chi connectivity index (χ2v) is 5.46. The summed E-state index contributed by atoms with van der Waals surface area (Å²) in [7, 11) is -4.94. The minimum absolute atomic E-state index is 0.0591. The average molecular weight is 347 g/mol. The molecule has 0 aromatic carbocycles. The summed E-state index contributed by atoms with van der Waals surface area (Å²) in [6, 6.07) is 3.88. The van der Waals surface area contributed by atoms with Crippen molar-refractivity contribution in [3.63, 3.8) is 0 Å². The first-order chi connectivity index (χ1) is 10.4. The Labute approximate surface area is 132 Å². The van der Waals surface area contributed by atoms with Crippen LogP contribution in [-0.2, 0) is 0 Å². The van der Waals surface area contributed by atoms with E-state index in [0.717, 1.165) is 17.0 Å². The van der Waals surface area contributed by atoms with Crippen molar-refractivity contribution in [2.75, 3.05) is 5.73 Å². The van der Waals surface area contributed by atoms with Crippen molar-refractivity contribution in [1.29, 1.82) is 0 Å². The summed E-state index contributed by atoms with van der Waals surface area (Å²) < 4.78 is 35.7. The van der Waals surface area contributed by atoms with E-state index in [1.807, 2.05) is 32.9 Å². The zero-order valence-electron chi connectivity index (χ0n) is 12.5. The topological polar surface area (TPSA) is 188 Å². The van der Waals surface area contributed by atoms with Crippen LogP contribution in [0.25, 0.3) is 5.69 Å². The van der Waals surface area contributed by atoms with Crippen LogP contribution in [0.1, 0.15) is 17.0 Å². The highest BCUT2D eigenvalue weighted by molar-refractivity contribution is 5.43. The Balaban J connectivity index is 0.000000463. The molecule has 2 heterocycles. The normalized spacial score (nSPS) is 10.9. The van der Waals surface area contributed by atoms with Gasteiger partial charge in [-0.25, -0.2) is 23.4 Å². The average Bonchev–Trinajstić information content (AvgIpc) is 2.28. The zero-order valence-corrected chi connectivity index (χ0v) is 13.3. The van der Waals surface area contributed by atoms with Crippen LogP contribution in [0.5, 0.6) is 0 Å². The number of hydrogen-bond acceptors (Lipinski definition) is 7. The van der Waals surface area contributed by atoms with Gasteiger partial charge in [0.1, 0.15) is 0 Å². The van der Waals surface area contributed by atoms with Crippen LogP contribution in [0, 0.1) is 31.0 Å². The molecule has 0 aliphatic carbocycles. The van der Waals surface area contributed by atoms with Crippen LogP contribution >= 0.6 is 0 Å². The predicted octanol–water partition coefficient (Wildman–Crippen LogP) is -4.91. The molecule has 0 radical (unpaired) electrons. The maximum absolute atomic E-state index is 11.9. The molecular weight excluding hydrogens is 332 g/mol. The summed E-state index contributed by atoms with van der Waals surface area (Å²) in [5, 5.41) is 0. The van der Waals surface area contributed by atoms with Gasteiger partial charge >= 0.3 is 16.9 Å². The van der Waals surface area contributed by atoms with Gasteiger partial charge in [-0.15, -0.1) is 10.2 Å². The second-order valence-electron chi connectivity index (χ2n) is 4.70. The molecule has 0 unspecified atom stereocenters. The van der Waals surface area contributed by atoms with E-state index in [0.29, 0.717) is 0 Å². The van der Waals surface area contributed by atoms with Gasteiger partial charge in [-0.05, 0) is 12.5 Å². The maximum atomic E-state index is 11.9. The van der Waals surface area contributed by atoms with Gasteiger partial charge in [-0.1, -0.05) is 0 Å².